The summed E-state index contributed by atoms with van der Waals surface area (Å²) in [5, 5.41) is 11.2. The van der Waals surface area contributed by atoms with Crippen molar-refractivity contribution in [2.24, 2.45) is 5.92 Å². The number of hydrogen-bond acceptors (Lipinski definition) is 3. The molecule has 0 aliphatic heterocycles. The van der Waals surface area contributed by atoms with E-state index in [2.05, 4.69) is 18.7 Å². The Morgan fingerprint density at radius 2 is 1.95 bits per heavy atom. The van der Waals surface area contributed by atoms with Gasteiger partial charge in [-0.25, -0.2) is 0 Å². The van der Waals surface area contributed by atoms with Gasteiger partial charge in [0.25, 0.3) is 5.69 Å². The fourth-order valence-electron chi connectivity index (χ4n) is 2.02. The summed E-state index contributed by atoms with van der Waals surface area (Å²) in [6, 6.07) is 5.43. The number of hydrogen-bond donors (Lipinski definition) is 0. The van der Waals surface area contributed by atoms with Gasteiger partial charge in [-0.2, -0.15) is 0 Å². The van der Waals surface area contributed by atoms with Gasteiger partial charge in [0.15, 0.2) is 0 Å². The molecular weight excluding hydrogens is 264 g/mol. The smallest absolute Gasteiger partial charge is 0.292 e. The molecule has 0 aromatic heterocycles. The van der Waals surface area contributed by atoms with Gasteiger partial charge in [0.05, 0.1) is 4.92 Å². The van der Waals surface area contributed by atoms with E-state index in [-0.39, 0.29) is 22.5 Å². The SMILES string of the molecule is CC(C)CN(c1ccc(CCl)cc1[N+](=O)[O-])C(C)C. The van der Waals surface area contributed by atoms with Crippen LogP contribution in [0.4, 0.5) is 11.4 Å². The highest BCUT2D eigenvalue weighted by atomic mass is 35.5. The molecule has 0 atom stereocenters. The summed E-state index contributed by atoms with van der Waals surface area (Å²) in [5.41, 5.74) is 1.57. The molecule has 0 heterocycles. The van der Waals surface area contributed by atoms with E-state index in [9.17, 15) is 10.1 Å². The zero-order valence-corrected chi connectivity index (χ0v) is 12.6. The van der Waals surface area contributed by atoms with Gasteiger partial charge in [-0.3, -0.25) is 10.1 Å². The Morgan fingerprint density at radius 1 is 1.32 bits per heavy atom. The molecule has 5 heteroatoms. The third-order valence-electron chi connectivity index (χ3n) is 2.89. The minimum atomic E-state index is -0.332. The predicted molar refractivity (Wildman–Crippen MR) is 80.0 cm³/mol. The van der Waals surface area contributed by atoms with Crippen LogP contribution in [0.1, 0.15) is 33.3 Å². The van der Waals surface area contributed by atoms with Crippen molar-refractivity contribution in [3.05, 3.63) is 33.9 Å². The Kier molecular flexibility index (Phi) is 5.60. The number of nitro benzene ring substituents is 1. The van der Waals surface area contributed by atoms with E-state index >= 15 is 0 Å². The van der Waals surface area contributed by atoms with Crippen molar-refractivity contribution in [3.8, 4) is 0 Å². The topological polar surface area (TPSA) is 46.4 Å². The van der Waals surface area contributed by atoms with Crippen LogP contribution < -0.4 is 4.90 Å². The molecule has 0 aliphatic carbocycles. The molecule has 0 saturated carbocycles. The normalized spacial score (nSPS) is 11.1. The first kappa shape index (κ1) is 15.8. The van der Waals surface area contributed by atoms with Crippen LogP contribution in [0, 0.1) is 16.0 Å². The van der Waals surface area contributed by atoms with Crippen molar-refractivity contribution in [2.45, 2.75) is 39.6 Å². The van der Waals surface area contributed by atoms with Gasteiger partial charge in [-0.05, 0) is 31.4 Å². The molecule has 19 heavy (non-hydrogen) atoms. The maximum atomic E-state index is 11.2. The van der Waals surface area contributed by atoms with Gasteiger partial charge in [0.2, 0.25) is 0 Å². The van der Waals surface area contributed by atoms with E-state index in [4.69, 9.17) is 11.6 Å². The minimum absolute atomic E-state index is 0.132. The van der Waals surface area contributed by atoms with Crippen molar-refractivity contribution < 1.29 is 4.92 Å². The Morgan fingerprint density at radius 3 is 2.37 bits per heavy atom. The third-order valence-corrected chi connectivity index (χ3v) is 3.19. The highest BCUT2D eigenvalue weighted by Crippen LogP contribution is 2.31. The maximum absolute atomic E-state index is 11.2. The van der Waals surface area contributed by atoms with E-state index < -0.39 is 0 Å². The first-order valence-electron chi connectivity index (χ1n) is 6.46. The number of halogens is 1. The van der Waals surface area contributed by atoms with Crippen LogP contribution in [0.25, 0.3) is 0 Å². The van der Waals surface area contributed by atoms with E-state index in [0.717, 1.165) is 12.1 Å². The predicted octanol–water partition coefficient (Wildman–Crippen LogP) is 4.20. The quantitative estimate of drug-likeness (QED) is 0.447. The fourth-order valence-corrected chi connectivity index (χ4v) is 2.19. The zero-order valence-electron chi connectivity index (χ0n) is 11.9. The molecule has 0 spiro atoms. The molecule has 1 aromatic carbocycles. The molecule has 106 valence electrons. The van der Waals surface area contributed by atoms with E-state index in [1.807, 2.05) is 19.9 Å². The lowest BCUT2D eigenvalue weighted by molar-refractivity contribution is -0.384. The first-order valence-corrected chi connectivity index (χ1v) is 7.00. The summed E-state index contributed by atoms with van der Waals surface area (Å²) in [5.74, 6) is 0.724. The molecule has 0 amide bonds. The molecule has 0 fully saturated rings. The van der Waals surface area contributed by atoms with Crippen LogP contribution in [-0.4, -0.2) is 17.5 Å². The van der Waals surface area contributed by atoms with Crippen LogP contribution in [0.2, 0.25) is 0 Å². The van der Waals surface area contributed by atoms with Crippen molar-refractivity contribution in [1.82, 2.24) is 0 Å². The van der Waals surface area contributed by atoms with E-state index in [1.54, 1.807) is 12.1 Å². The van der Waals surface area contributed by atoms with Gasteiger partial charge >= 0.3 is 0 Å². The molecule has 1 rings (SSSR count). The Balaban J connectivity index is 3.25. The Bertz CT molecular complexity index is 447. The number of nitrogens with zero attached hydrogens (tertiary/aromatic N) is 2. The lowest BCUT2D eigenvalue weighted by Crippen LogP contribution is -2.34. The summed E-state index contributed by atoms with van der Waals surface area (Å²) in [7, 11) is 0. The lowest BCUT2D eigenvalue weighted by atomic mass is 10.1. The first-order chi connectivity index (χ1) is 8.86. The molecule has 4 nitrogen and oxygen atoms in total. The monoisotopic (exact) mass is 284 g/mol. The third kappa shape index (κ3) is 4.10. The van der Waals surface area contributed by atoms with Crippen LogP contribution in [0.5, 0.6) is 0 Å². The van der Waals surface area contributed by atoms with Crippen LogP contribution in [0.3, 0.4) is 0 Å². The van der Waals surface area contributed by atoms with Crippen molar-refractivity contribution in [2.75, 3.05) is 11.4 Å². The van der Waals surface area contributed by atoms with Gasteiger partial charge in [-0.1, -0.05) is 19.9 Å². The van der Waals surface area contributed by atoms with Gasteiger partial charge in [-0.15, -0.1) is 11.6 Å². The zero-order chi connectivity index (χ0) is 14.6. The summed E-state index contributed by atoms with van der Waals surface area (Å²) >= 11 is 5.75. The van der Waals surface area contributed by atoms with E-state index in [0.29, 0.717) is 11.6 Å². The second-order valence-corrected chi connectivity index (χ2v) is 5.62. The van der Waals surface area contributed by atoms with Crippen LogP contribution in [0.15, 0.2) is 18.2 Å². The largest absolute Gasteiger partial charge is 0.363 e. The Hall–Kier alpha value is -1.29. The van der Waals surface area contributed by atoms with Gasteiger partial charge in [0, 0.05) is 24.5 Å². The molecular formula is C14H21ClN2O2. The summed E-state index contributed by atoms with van der Waals surface area (Å²) in [6.45, 7) is 9.09. The van der Waals surface area contributed by atoms with Gasteiger partial charge in [0.1, 0.15) is 5.69 Å². The van der Waals surface area contributed by atoms with Crippen molar-refractivity contribution >= 4 is 23.0 Å². The lowest BCUT2D eigenvalue weighted by Gasteiger charge is -2.30. The highest BCUT2D eigenvalue weighted by molar-refractivity contribution is 6.17. The molecule has 0 aliphatic rings. The summed E-state index contributed by atoms with van der Waals surface area (Å²) in [6.07, 6.45) is 0. The Labute approximate surface area is 119 Å². The van der Waals surface area contributed by atoms with Crippen molar-refractivity contribution in [3.63, 3.8) is 0 Å². The molecule has 0 saturated heterocycles. The molecule has 1 aromatic rings. The van der Waals surface area contributed by atoms with Crippen LogP contribution in [-0.2, 0) is 5.88 Å². The van der Waals surface area contributed by atoms with E-state index in [1.165, 1.54) is 0 Å². The number of benzene rings is 1. The second kappa shape index (κ2) is 6.75. The summed E-state index contributed by atoms with van der Waals surface area (Å²) < 4.78 is 0. The van der Waals surface area contributed by atoms with Gasteiger partial charge < -0.3 is 4.90 Å². The number of rotatable bonds is 6. The molecule has 0 bridgehead atoms. The molecule has 0 radical (unpaired) electrons. The second-order valence-electron chi connectivity index (χ2n) is 5.35. The standard InChI is InChI=1S/C14H21ClN2O2/c1-10(2)9-16(11(3)4)13-6-5-12(8-15)7-14(13)17(18)19/h5-7,10-11H,8-9H2,1-4H3. The average molecular weight is 285 g/mol. The molecule has 0 unspecified atom stereocenters. The fraction of sp³-hybridized carbons (Fsp3) is 0.571. The average Bonchev–Trinajstić information content (AvgIpc) is 2.34. The maximum Gasteiger partial charge on any atom is 0.292 e. The highest BCUT2D eigenvalue weighted by Gasteiger charge is 2.22. The minimum Gasteiger partial charge on any atom is -0.363 e. The number of nitro groups is 1. The molecule has 0 N–H and O–H groups in total. The number of alkyl halides is 1. The number of anilines is 1. The van der Waals surface area contributed by atoms with Crippen molar-refractivity contribution in [1.29, 1.82) is 0 Å². The van der Waals surface area contributed by atoms with Crippen LogP contribution >= 0.6 is 11.6 Å². The summed E-state index contributed by atoms with van der Waals surface area (Å²) in [4.78, 5) is 13.0.